The minimum atomic E-state index is -0.435. The topological polar surface area (TPSA) is 84.1 Å². The minimum Gasteiger partial charge on any atom is -0.489 e. The van der Waals surface area contributed by atoms with Crippen LogP contribution in [0, 0.1) is 5.82 Å². The first-order valence-electron chi connectivity index (χ1n) is 10.5. The number of hydrogen-bond acceptors (Lipinski definition) is 4. The van der Waals surface area contributed by atoms with Crippen molar-refractivity contribution in [2.24, 2.45) is 0 Å². The maximum Gasteiger partial charge on any atom is 0.257 e. The van der Waals surface area contributed by atoms with Crippen LogP contribution in [0.4, 0.5) is 10.2 Å². The predicted molar refractivity (Wildman–Crippen MR) is 123 cm³/mol. The van der Waals surface area contributed by atoms with Gasteiger partial charge < -0.3 is 15.0 Å². The first-order chi connectivity index (χ1) is 16.1. The van der Waals surface area contributed by atoms with Crippen LogP contribution < -0.4 is 15.6 Å². The average molecular weight is 441 g/mol. The molecule has 0 spiro atoms. The van der Waals surface area contributed by atoms with E-state index in [1.165, 1.54) is 6.07 Å². The lowest BCUT2D eigenvalue weighted by Crippen LogP contribution is -2.31. The second-order valence-corrected chi connectivity index (χ2v) is 7.80. The highest BCUT2D eigenvalue weighted by Gasteiger charge is 2.31. The van der Waals surface area contributed by atoms with Crippen molar-refractivity contribution in [2.45, 2.75) is 18.9 Å². The maximum atomic E-state index is 13.8. The van der Waals surface area contributed by atoms with E-state index in [4.69, 9.17) is 4.74 Å². The lowest BCUT2D eigenvalue weighted by molar-refractivity contribution is -0.116. The number of nitrogens with one attached hydrogen (secondary N) is 2. The number of aromatic nitrogens is 2. The zero-order valence-corrected chi connectivity index (χ0v) is 17.5. The van der Waals surface area contributed by atoms with Crippen LogP contribution in [0.3, 0.4) is 0 Å². The number of hydrogen-bond donors (Lipinski definition) is 2. The Labute approximate surface area is 189 Å². The molecule has 5 rings (SSSR count). The quantitative estimate of drug-likeness (QED) is 0.473. The fourth-order valence-electron chi connectivity index (χ4n) is 3.96. The Bertz CT molecular complexity index is 1370. The molecule has 0 fully saturated rings. The molecule has 1 aliphatic heterocycles. The number of fused-ring (bicyclic) bond motifs is 1. The molecule has 33 heavy (non-hydrogen) atoms. The number of carbonyl (C=O) groups is 1. The summed E-state index contributed by atoms with van der Waals surface area (Å²) in [5.41, 5.74) is 2.15. The van der Waals surface area contributed by atoms with Crippen molar-refractivity contribution in [3.05, 3.63) is 112 Å². The third kappa shape index (κ3) is 4.25. The monoisotopic (exact) mass is 441 g/mol. The van der Waals surface area contributed by atoms with Gasteiger partial charge in [-0.2, -0.15) is 0 Å². The van der Waals surface area contributed by atoms with Crippen LogP contribution in [-0.4, -0.2) is 15.9 Å². The molecule has 7 heteroatoms. The number of aromatic amines is 1. The molecular weight excluding hydrogens is 421 g/mol. The van der Waals surface area contributed by atoms with E-state index in [1.807, 2.05) is 42.5 Å². The molecule has 0 saturated heterocycles. The van der Waals surface area contributed by atoms with E-state index in [0.29, 0.717) is 22.7 Å². The molecule has 0 bridgehead atoms. The van der Waals surface area contributed by atoms with E-state index in [-0.39, 0.29) is 36.1 Å². The van der Waals surface area contributed by atoms with Crippen molar-refractivity contribution in [1.82, 2.24) is 9.97 Å². The highest BCUT2D eigenvalue weighted by molar-refractivity contribution is 5.94. The first-order valence-corrected chi connectivity index (χ1v) is 10.5. The van der Waals surface area contributed by atoms with Crippen molar-refractivity contribution in [3.8, 4) is 17.1 Å². The third-order valence-electron chi connectivity index (χ3n) is 5.63. The Hall–Kier alpha value is -4.26. The van der Waals surface area contributed by atoms with Gasteiger partial charge in [0, 0.05) is 23.5 Å². The number of nitrogens with zero attached hydrogens (tertiary/aromatic N) is 1. The van der Waals surface area contributed by atoms with E-state index < -0.39 is 5.92 Å². The summed E-state index contributed by atoms with van der Waals surface area (Å²) < 4.78 is 19.5. The van der Waals surface area contributed by atoms with Gasteiger partial charge in [0.2, 0.25) is 5.91 Å². The van der Waals surface area contributed by atoms with E-state index >= 15 is 0 Å². The molecule has 1 aliphatic rings. The molecule has 164 valence electrons. The van der Waals surface area contributed by atoms with Gasteiger partial charge in [0.05, 0.1) is 5.56 Å². The normalized spacial score (nSPS) is 14.9. The van der Waals surface area contributed by atoms with Gasteiger partial charge in [-0.15, -0.1) is 0 Å². The molecule has 0 unspecified atom stereocenters. The molecule has 3 aromatic carbocycles. The molecule has 2 N–H and O–H groups in total. The summed E-state index contributed by atoms with van der Waals surface area (Å²) in [6, 6.07) is 22.8. The summed E-state index contributed by atoms with van der Waals surface area (Å²) in [4.78, 5) is 32.8. The van der Waals surface area contributed by atoms with E-state index in [2.05, 4.69) is 15.3 Å². The third-order valence-corrected chi connectivity index (χ3v) is 5.63. The lowest BCUT2D eigenvalue weighted by atomic mass is 9.87. The van der Waals surface area contributed by atoms with Crippen LogP contribution in [0.2, 0.25) is 0 Å². The van der Waals surface area contributed by atoms with Crippen molar-refractivity contribution < 1.29 is 13.9 Å². The second-order valence-electron chi connectivity index (χ2n) is 7.80. The van der Waals surface area contributed by atoms with Crippen LogP contribution in [0.25, 0.3) is 11.4 Å². The number of amides is 1. The van der Waals surface area contributed by atoms with Crippen molar-refractivity contribution in [2.75, 3.05) is 5.32 Å². The molecule has 0 aliphatic carbocycles. The second kappa shape index (κ2) is 8.70. The summed E-state index contributed by atoms with van der Waals surface area (Å²) in [7, 11) is 0. The number of benzene rings is 3. The Balaban J connectivity index is 1.42. The number of halogens is 1. The summed E-state index contributed by atoms with van der Waals surface area (Å²) in [5.74, 6) is 0.283. The Morgan fingerprint density at radius 3 is 2.42 bits per heavy atom. The number of H-pyrrole nitrogens is 1. The molecule has 6 nitrogen and oxygen atoms in total. The average Bonchev–Trinajstić information content (AvgIpc) is 2.83. The fourth-order valence-corrected chi connectivity index (χ4v) is 3.96. The zero-order valence-electron chi connectivity index (χ0n) is 17.5. The molecule has 1 aromatic heterocycles. The van der Waals surface area contributed by atoms with Crippen LogP contribution >= 0.6 is 0 Å². The number of anilines is 1. The highest BCUT2D eigenvalue weighted by Crippen LogP contribution is 2.35. The number of rotatable bonds is 5. The lowest BCUT2D eigenvalue weighted by Gasteiger charge is -2.24. The van der Waals surface area contributed by atoms with Gasteiger partial charge in [-0.1, -0.05) is 60.7 Å². The minimum absolute atomic E-state index is 0.104. The SMILES string of the molecule is O=C1C[C@H](c2ccc(OCc3ccccc3F)cc2)c2c(nc(-c3ccccc3)[nH]c2=O)N1. The van der Waals surface area contributed by atoms with Gasteiger partial charge in [0.1, 0.15) is 29.8 Å². The predicted octanol–water partition coefficient (Wildman–Crippen LogP) is 4.63. The van der Waals surface area contributed by atoms with Crippen molar-refractivity contribution in [3.63, 3.8) is 0 Å². The number of carbonyl (C=O) groups excluding carboxylic acids is 1. The molecule has 4 aromatic rings. The summed E-state index contributed by atoms with van der Waals surface area (Å²) in [6.45, 7) is 0.104. The standard InChI is InChI=1S/C26H20FN3O3/c27-21-9-5-4-8-18(21)15-33-19-12-10-16(11-13-19)20-14-22(31)28-25-23(20)26(32)30-24(29-25)17-6-2-1-3-7-17/h1-13,20H,14-15H2,(H2,28,29,30,31,32)/t20-/m1/s1. The molecule has 0 saturated carbocycles. The van der Waals surface area contributed by atoms with Crippen LogP contribution in [0.1, 0.15) is 29.0 Å². The van der Waals surface area contributed by atoms with Crippen LogP contribution in [0.5, 0.6) is 5.75 Å². The largest absolute Gasteiger partial charge is 0.489 e. The van der Waals surface area contributed by atoms with Crippen molar-refractivity contribution >= 4 is 11.7 Å². The van der Waals surface area contributed by atoms with Crippen molar-refractivity contribution in [1.29, 1.82) is 0 Å². The molecule has 1 atom stereocenters. The van der Waals surface area contributed by atoms with Gasteiger partial charge in [0.25, 0.3) is 5.56 Å². The highest BCUT2D eigenvalue weighted by atomic mass is 19.1. The van der Waals surface area contributed by atoms with Gasteiger partial charge in [-0.05, 0) is 23.8 Å². The zero-order chi connectivity index (χ0) is 22.8. The molecular formula is C26H20FN3O3. The van der Waals surface area contributed by atoms with Gasteiger partial charge in [-0.25, -0.2) is 9.37 Å². The van der Waals surface area contributed by atoms with Gasteiger partial charge in [0.15, 0.2) is 0 Å². The number of ether oxygens (including phenoxy) is 1. The summed E-state index contributed by atoms with van der Waals surface area (Å²) in [5, 5.41) is 2.74. The smallest absolute Gasteiger partial charge is 0.257 e. The van der Waals surface area contributed by atoms with Crippen LogP contribution in [0.15, 0.2) is 83.7 Å². The Morgan fingerprint density at radius 1 is 0.939 bits per heavy atom. The summed E-state index contributed by atoms with van der Waals surface area (Å²) >= 11 is 0. The molecule has 1 amide bonds. The molecule has 2 heterocycles. The van der Waals surface area contributed by atoms with E-state index in [1.54, 1.807) is 30.3 Å². The Kier molecular flexibility index (Phi) is 5.44. The van der Waals surface area contributed by atoms with Gasteiger partial charge in [-0.3, -0.25) is 9.59 Å². The fraction of sp³-hybridized carbons (Fsp3) is 0.115. The first kappa shape index (κ1) is 20.6. The summed E-state index contributed by atoms with van der Waals surface area (Å²) in [6.07, 6.45) is 0.137. The molecule has 0 radical (unpaired) electrons. The van der Waals surface area contributed by atoms with Gasteiger partial charge >= 0.3 is 0 Å². The van der Waals surface area contributed by atoms with E-state index in [9.17, 15) is 14.0 Å². The van der Waals surface area contributed by atoms with E-state index in [0.717, 1.165) is 11.1 Å². The maximum absolute atomic E-state index is 13.8. The Morgan fingerprint density at radius 2 is 1.67 bits per heavy atom. The van der Waals surface area contributed by atoms with Crippen LogP contribution in [-0.2, 0) is 11.4 Å².